The number of likely N-dealkylation sites (tertiary alicyclic amines) is 2. The molecule has 0 saturated carbocycles. The second-order valence-corrected chi connectivity index (χ2v) is 8.05. The maximum Gasteiger partial charge on any atom is 0.230 e. The van der Waals surface area contributed by atoms with Crippen molar-refractivity contribution in [2.75, 3.05) is 19.6 Å². The van der Waals surface area contributed by atoms with Crippen molar-refractivity contribution >= 4 is 17.5 Å². The number of amides is 1. The summed E-state index contributed by atoms with van der Waals surface area (Å²) >= 11 is 6.44. The van der Waals surface area contributed by atoms with Gasteiger partial charge in [0.1, 0.15) is 10.9 Å². The average Bonchev–Trinajstić information content (AvgIpc) is 3.16. The van der Waals surface area contributed by atoms with Crippen molar-refractivity contribution < 1.29 is 9.32 Å². The molecule has 0 aromatic carbocycles. The zero-order chi connectivity index (χ0) is 19.1. The lowest BCUT2D eigenvalue weighted by atomic mass is 9.82. The Bertz CT molecular complexity index is 845. The fourth-order valence-electron chi connectivity index (χ4n) is 4.39. The average molecular weight is 392 g/mol. The van der Waals surface area contributed by atoms with E-state index in [2.05, 4.69) is 22.1 Å². The normalized spacial score (nSPS) is 22.6. The molecular weight excluding hydrogens is 366 g/mol. The molecule has 0 aliphatic carbocycles. The summed E-state index contributed by atoms with van der Waals surface area (Å²) in [5.74, 6) is 1.32. The number of aryl methyl sites for hydroxylation is 3. The van der Waals surface area contributed by atoms with Gasteiger partial charge in [-0.3, -0.25) is 14.4 Å². The predicted molar refractivity (Wildman–Crippen MR) is 101 cm³/mol. The summed E-state index contributed by atoms with van der Waals surface area (Å²) in [7, 11) is 1.89. The number of carbonyl (C=O) groups is 1. The molecule has 27 heavy (non-hydrogen) atoms. The van der Waals surface area contributed by atoms with Crippen LogP contribution in [-0.2, 0) is 31.2 Å². The SMILES string of the molecule is CCc1nn(C)c(Cl)c1CN1C[C@@H]2CN(C(=O)Cc3cc(C)no3)CC[C@@H]21. The van der Waals surface area contributed by atoms with Crippen LogP contribution in [-0.4, -0.2) is 56.3 Å². The number of nitrogens with zero attached hydrogens (tertiary/aromatic N) is 5. The van der Waals surface area contributed by atoms with E-state index < -0.39 is 0 Å². The van der Waals surface area contributed by atoms with E-state index in [1.54, 1.807) is 4.68 Å². The Balaban J connectivity index is 1.33. The van der Waals surface area contributed by atoms with Gasteiger partial charge in [-0.1, -0.05) is 23.7 Å². The molecule has 2 atom stereocenters. The highest BCUT2D eigenvalue weighted by Gasteiger charge is 2.43. The van der Waals surface area contributed by atoms with E-state index in [0.29, 0.717) is 24.1 Å². The van der Waals surface area contributed by atoms with Gasteiger partial charge in [-0.15, -0.1) is 0 Å². The third-order valence-corrected chi connectivity index (χ3v) is 6.31. The van der Waals surface area contributed by atoms with Crippen LogP contribution < -0.4 is 0 Å². The summed E-state index contributed by atoms with van der Waals surface area (Å²) in [4.78, 5) is 17.0. The molecule has 2 aliphatic rings. The van der Waals surface area contributed by atoms with Crippen molar-refractivity contribution in [3.8, 4) is 0 Å². The summed E-state index contributed by atoms with van der Waals surface area (Å²) < 4.78 is 6.94. The minimum absolute atomic E-state index is 0.131. The quantitative estimate of drug-likeness (QED) is 0.781. The van der Waals surface area contributed by atoms with Gasteiger partial charge in [-0.2, -0.15) is 5.10 Å². The Hall–Kier alpha value is -1.86. The molecule has 2 saturated heterocycles. The van der Waals surface area contributed by atoms with Gasteiger partial charge in [0.15, 0.2) is 0 Å². The summed E-state index contributed by atoms with van der Waals surface area (Å²) in [6, 6.07) is 2.36. The van der Waals surface area contributed by atoms with Crippen molar-refractivity contribution in [2.45, 2.75) is 45.7 Å². The van der Waals surface area contributed by atoms with Crippen LogP contribution in [0.25, 0.3) is 0 Å². The molecule has 7 nitrogen and oxygen atoms in total. The third-order valence-electron chi connectivity index (χ3n) is 5.84. The highest BCUT2D eigenvalue weighted by Crippen LogP contribution is 2.35. The van der Waals surface area contributed by atoms with E-state index in [4.69, 9.17) is 16.1 Å². The van der Waals surface area contributed by atoms with Crippen molar-refractivity contribution in [3.63, 3.8) is 0 Å². The van der Waals surface area contributed by atoms with Crippen LogP contribution in [0, 0.1) is 12.8 Å². The van der Waals surface area contributed by atoms with Crippen molar-refractivity contribution in [3.05, 3.63) is 33.9 Å². The Morgan fingerprint density at radius 1 is 1.41 bits per heavy atom. The van der Waals surface area contributed by atoms with E-state index in [1.165, 1.54) is 0 Å². The van der Waals surface area contributed by atoms with Crippen LogP contribution in [0.3, 0.4) is 0 Å². The molecule has 4 rings (SSSR count). The largest absolute Gasteiger partial charge is 0.361 e. The molecule has 2 aliphatic heterocycles. The third kappa shape index (κ3) is 3.50. The standard InChI is InChI=1S/C19H26ClN5O2/c1-4-16-15(19(20)23(3)21-16)11-25-10-13-9-24(6-5-17(13)25)18(26)8-14-7-12(2)22-27-14/h7,13,17H,4-6,8-11H2,1-3H3/t13-,17-/m0/s1. The monoisotopic (exact) mass is 391 g/mol. The van der Waals surface area contributed by atoms with Gasteiger partial charge in [-0.25, -0.2) is 0 Å². The highest BCUT2D eigenvalue weighted by molar-refractivity contribution is 6.30. The van der Waals surface area contributed by atoms with Gasteiger partial charge in [0.2, 0.25) is 5.91 Å². The summed E-state index contributed by atoms with van der Waals surface area (Å²) in [6.07, 6.45) is 2.19. The summed E-state index contributed by atoms with van der Waals surface area (Å²) in [5.41, 5.74) is 3.05. The van der Waals surface area contributed by atoms with Gasteiger partial charge in [0.05, 0.1) is 17.8 Å². The minimum atomic E-state index is 0.131. The van der Waals surface area contributed by atoms with Crippen LogP contribution >= 0.6 is 11.6 Å². The van der Waals surface area contributed by atoms with E-state index in [0.717, 1.165) is 61.1 Å². The van der Waals surface area contributed by atoms with Crippen LogP contribution in [0.1, 0.15) is 36.1 Å². The topological polar surface area (TPSA) is 67.4 Å². The fourth-order valence-corrected chi connectivity index (χ4v) is 4.60. The maximum atomic E-state index is 12.6. The summed E-state index contributed by atoms with van der Waals surface area (Å²) in [5, 5.41) is 9.11. The Labute approximate surface area is 164 Å². The molecular formula is C19H26ClN5O2. The first kappa shape index (κ1) is 18.5. The minimum Gasteiger partial charge on any atom is -0.361 e. The number of piperidine rings is 1. The fraction of sp³-hybridized carbons (Fsp3) is 0.632. The summed E-state index contributed by atoms with van der Waals surface area (Å²) in [6.45, 7) is 7.46. The molecule has 4 heterocycles. The van der Waals surface area contributed by atoms with Gasteiger partial charge in [0.25, 0.3) is 0 Å². The molecule has 0 unspecified atom stereocenters. The molecule has 1 amide bonds. The molecule has 0 radical (unpaired) electrons. The van der Waals surface area contributed by atoms with Crippen LogP contribution in [0.15, 0.2) is 10.6 Å². The number of halogens is 1. The van der Waals surface area contributed by atoms with E-state index >= 15 is 0 Å². The smallest absolute Gasteiger partial charge is 0.230 e. The Morgan fingerprint density at radius 3 is 2.89 bits per heavy atom. The Kier molecular flexibility index (Phi) is 4.99. The lowest BCUT2D eigenvalue weighted by Crippen LogP contribution is -2.63. The van der Waals surface area contributed by atoms with Crippen molar-refractivity contribution in [1.82, 2.24) is 24.7 Å². The first-order chi connectivity index (χ1) is 13.0. The van der Waals surface area contributed by atoms with Crippen molar-refractivity contribution in [2.24, 2.45) is 13.0 Å². The highest BCUT2D eigenvalue weighted by atomic mass is 35.5. The lowest BCUT2D eigenvalue weighted by Gasteiger charge is -2.53. The van der Waals surface area contributed by atoms with Gasteiger partial charge in [-0.05, 0) is 19.8 Å². The van der Waals surface area contributed by atoms with Crippen LogP contribution in [0.5, 0.6) is 0 Å². The molecule has 2 aromatic rings. The predicted octanol–water partition coefficient (Wildman–Crippen LogP) is 2.21. The molecule has 0 N–H and O–H groups in total. The number of hydrogen-bond donors (Lipinski definition) is 0. The van der Waals surface area contributed by atoms with E-state index in [1.807, 2.05) is 24.9 Å². The van der Waals surface area contributed by atoms with E-state index in [-0.39, 0.29) is 5.91 Å². The molecule has 2 aromatic heterocycles. The Morgan fingerprint density at radius 2 is 2.22 bits per heavy atom. The molecule has 0 bridgehead atoms. The number of carbonyl (C=O) groups excluding carboxylic acids is 1. The zero-order valence-corrected chi connectivity index (χ0v) is 16.9. The number of rotatable bonds is 5. The van der Waals surface area contributed by atoms with Gasteiger partial charge >= 0.3 is 0 Å². The molecule has 146 valence electrons. The second-order valence-electron chi connectivity index (χ2n) is 7.69. The maximum absolute atomic E-state index is 12.6. The van der Waals surface area contributed by atoms with Gasteiger partial charge in [0, 0.05) is 56.8 Å². The zero-order valence-electron chi connectivity index (χ0n) is 16.1. The first-order valence-corrected chi connectivity index (χ1v) is 9.98. The van der Waals surface area contributed by atoms with Gasteiger partial charge < -0.3 is 9.42 Å². The molecule has 2 fully saturated rings. The number of aromatic nitrogens is 3. The van der Waals surface area contributed by atoms with Crippen LogP contribution in [0.2, 0.25) is 5.15 Å². The number of fused-ring (bicyclic) bond motifs is 1. The second kappa shape index (κ2) is 7.28. The van der Waals surface area contributed by atoms with E-state index in [9.17, 15) is 4.79 Å². The lowest BCUT2D eigenvalue weighted by molar-refractivity contribution is -0.138. The molecule has 8 heteroatoms. The number of hydrogen-bond acceptors (Lipinski definition) is 5. The van der Waals surface area contributed by atoms with Crippen LogP contribution in [0.4, 0.5) is 0 Å². The van der Waals surface area contributed by atoms with Crippen molar-refractivity contribution in [1.29, 1.82) is 0 Å². The first-order valence-electron chi connectivity index (χ1n) is 9.60. The molecule has 0 spiro atoms.